The summed E-state index contributed by atoms with van der Waals surface area (Å²) in [4.78, 5) is 33.7. The first kappa shape index (κ1) is 22.2. The van der Waals surface area contributed by atoms with Gasteiger partial charge in [0, 0.05) is 13.1 Å². The SMILES string of the molecule is CCC1CN(C(=O)CSC2=N/C(=C/c3ccccc3)C(=O)N2c2ccc(F)cc2)CCO1. The van der Waals surface area contributed by atoms with Crippen molar-refractivity contribution < 1.29 is 18.7 Å². The molecule has 0 aromatic heterocycles. The molecule has 166 valence electrons. The summed E-state index contributed by atoms with van der Waals surface area (Å²) < 4.78 is 19.1. The molecule has 2 aromatic rings. The smallest absolute Gasteiger partial charge is 0.283 e. The van der Waals surface area contributed by atoms with Gasteiger partial charge in [-0.3, -0.25) is 14.5 Å². The molecule has 0 spiro atoms. The summed E-state index contributed by atoms with van der Waals surface area (Å²) in [5, 5.41) is 0.400. The quantitative estimate of drug-likeness (QED) is 0.644. The molecule has 1 unspecified atom stereocenters. The van der Waals surface area contributed by atoms with Crippen LogP contribution in [0.2, 0.25) is 0 Å². The monoisotopic (exact) mass is 453 g/mol. The fraction of sp³-hybridized carbons (Fsp3) is 0.292. The van der Waals surface area contributed by atoms with Crippen molar-refractivity contribution in [2.75, 3.05) is 30.3 Å². The molecular weight excluding hydrogens is 429 g/mol. The number of rotatable bonds is 5. The highest BCUT2D eigenvalue weighted by Gasteiger charge is 2.33. The van der Waals surface area contributed by atoms with Gasteiger partial charge in [0.2, 0.25) is 5.91 Å². The minimum absolute atomic E-state index is 0.0218. The largest absolute Gasteiger partial charge is 0.375 e. The minimum atomic E-state index is -0.389. The molecule has 32 heavy (non-hydrogen) atoms. The Morgan fingerprint density at radius 3 is 2.69 bits per heavy atom. The number of hydrogen-bond acceptors (Lipinski definition) is 5. The number of aliphatic imine (C=N–C) groups is 1. The lowest BCUT2D eigenvalue weighted by atomic mass is 10.2. The van der Waals surface area contributed by atoms with E-state index in [0.29, 0.717) is 30.6 Å². The van der Waals surface area contributed by atoms with Gasteiger partial charge in [-0.05, 0) is 42.3 Å². The van der Waals surface area contributed by atoms with Gasteiger partial charge in [-0.2, -0.15) is 0 Å². The van der Waals surface area contributed by atoms with Crippen molar-refractivity contribution in [3.63, 3.8) is 0 Å². The number of amidine groups is 1. The van der Waals surface area contributed by atoms with Crippen LogP contribution < -0.4 is 4.90 Å². The second-order valence-corrected chi connectivity index (χ2v) is 8.42. The van der Waals surface area contributed by atoms with Gasteiger partial charge in [0.05, 0.1) is 24.2 Å². The Bertz CT molecular complexity index is 1040. The second-order valence-electron chi connectivity index (χ2n) is 7.48. The van der Waals surface area contributed by atoms with Crippen LogP contribution in [0.4, 0.5) is 10.1 Å². The van der Waals surface area contributed by atoms with Crippen LogP contribution in [0, 0.1) is 5.82 Å². The number of carbonyl (C=O) groups is 2. The molecule has 2 heterocycles. The topological polar surface area (TPSA) is 62.2 Å². The van der Waals surface area contributed by atoms with Crippen LogP contribution in [0.15, 0.2) is 65.3 Å². The van der Waals surface area contributed by atoms with E-state index in [2.05, 4.69) is 4.99 Å². The number of carbonyl (C=O) groups excluding carboxylic acids is 2. The predicted octanol–water partition coefficient (Wildman–Crippen LogP) is 3.94. The fourth-order valence-corrected chi connectivity index (χ4v) is 4.44. The molecule has 1 atom stereocenters. The summed E-state index contributed by atoms with van der Waals surface area (Å²) in [6.07, 6.45) is 2.62. The number of thioether (sulfide) groups is 1. The maximum Gasteiger partial charge on any atom is 0.283 e. The fourth-order valence-electron chi connectivity index (χ4n) is 3.53. The molecule has 0 N–H and O–H groups in total. The standard InChI is InChI=1S/C24H24FN3O3S/c1-2-20-15-27(12-13-31-20)22(29)16-32-24-26-21(14-17-6-4-3-5-7-17)23(30)28(24)19-10-8-18(25)9-11-19/h3-11,14,20H,2,12-13,15-16H2,1H3/b21-14+. The van der Waals surface area contributed by atoms with Gasteiger partial charge in [0.1, 0.15) is 11.5 Å². The van der Waals surface area contributed by atoms with E-state index in [-0.39, 0.29) is 35.2 Å². The van der Waals surface area contributed by atoms with Gasteiger partial charge in [0.15, 0.2) is 5.17 Å². The first-order chi connectivity index (χ1) is 15.5. The van der Waals surface area contributed by atoms with Crippen LogP contribution >= 0.6 is 11.8 Å². The van der Waals surface area contributed by atoms with E-state index in [4.69, 9.17) is 4.74 Å². The number of morpholine rings is 1. The molecule has 0 bridgehead atoms. The zero-order valence-electron chi connectivity index (χ0n) is 17.7. The first-order valence-corrected chi connectivity index (χ1v) is 11.5. The number of hydrogen-bond donors (Lipinski definition) is 0. The van der Waals surface area contributed by atoms with E-state index in [0.717, 1.165) is 12.0 Å². The Kier molecular flexibility index (Phi) is 7.02. The molecule has 8 heteroatoms. The highest BCUT2D eigenvalue weighted by molar-refractivity contribution is 8.14. The molecule has 2 aliphatic rings. The van der Waals surface area contributed by atoms with E-state index >= 15 is 0 Å². The van der Waals surface area contributed by atoms with Gasteiger partial charge in [-0.25, -0.2) is 9.38 Å². The maximum absolute atomic E-state index is 13.4. The van der Waals surface area contributed by atoms with Gasteiger partial charge < -0.3 is 9.64 Å². The highest BCUT2D eigenvalue weighted by Crippen LogP contribution is 2.30. The Labute approximate surface area is 190 Å². The maximum atomic E-state index is 13.4. The van der Waals surface area contributed by atoms with Crippen LogP contribution in [0.1, 0.15) is 18.9 Å². The molecule has 0 saturated carbocycles. The van der Waals surface area contributed by atoms with Gasteiger partial charge in [-0.15, -0.1) is 0 Å². The van der Waals surface area contributed by atoms with Crippen molar-refractivity contribution in [2.45, 2.75) is 19.4 Å². The zero-order valence-corrected chi connectivity index (χ0v) is 18.6. The normalized spacial score (nSPS) is 20.1. The molecule has 2 aliphatic heterocycles. The molecule has 0 radical (unpaired) electrons. The van der Waals surface area contributed by atoms with Crippen molar-refractivity contribution in [2.24, 2.45) is 4.99 Å². The van der Waals surface area contributed by atoms with Gasteiger partial charge >= 0.3 is 0 Å². The summed E-state index contributed by atoms with van der Waals surface area (Å²) >= 11 is 1.21. The molecule has 1 saturated heterocycles. The number of anilines is 1. The van der Waals surface area contributed by atoms with Gasteiger partial charge in [0.25, 0.3) is 5.91 Å². The van der Waals surface area contributed by atoms with Crippen LogP contribution in [-0.4, -0.2) is 53.4 Å². The van der Waals surface area contributed by atoms with E-state index < -0.39 is 0 Å². The van der Waals surface area contributed by atoms with Crippen molar-refractivity contribution >= 4 is 40.5 Å². The Morgan fingerprint density at radius 1 is 1.22 bits per heavy atom. The number of benzene rings is 2. The molecule has 4 rings (SSSR count). The molecule has 2 amide bonds. The van der Waals surface area contributed by atoms with E-state index in [1.807, 2.05) is 37.3 Å². The molecule has 1 fully saturated rings. The molecular formula is C24H24FN3O3S. The van der Waals surface area contributed by atoms with E-state index in [1.54, 1.807) is 11.0 Å². The first-order valence-electron chi connectivity index (χ1n) is 10.5. The Hall–Kier alpha value is -2.97. The van der Waals surface area contributed by atoms with Crippen LogP contribution in [0.25, 0.3) is 6.08 Å². The predicted molar refractivity (Wildman–Crippen MR) is 125 cm³/mol. The third-order valence-electron chi connectivity index (χ3n) is 5.29. The lowest BCUT2D eigenvalue weighted by Gasteiger charge is -2.32. The number of nitrogens with zero attached hydrogens (tertiary/aromatic N) is 3. The molecule has 0 aliphatic carbocycles. The zero-order chi connectivity index (χ0) is 22.5. The van der Waals surface area contributed by atoms with Gasteiger partial charge in [-0.1, -0.05) is 49.0 Å². The average Bonchev–Trinajstić information content (AvgIpc) is 3.13. The number of halogens is 1. The van der Waals surface area contributed by atoms with E-state index in [1.165, 1.54) is 40.9 Å². The second kappa shape index (κ2) is 10.1. The summed E-state index contributed by atoms with van der Waals surface area (Å²) in [6, 6.07) is 15.1. The third kappa shape index (κ3) is 5.08. The Balaban J connectivity index is 1.55. The van der Waals surface area contributed by atoms with E-state index in [9.17, 15) is 14.0 Å². The van der Waals surface area contributed by atoms with Crippen LogP contribution in [-0.2, 0) is 14.3 Å². The summed E-state index contributed by atoms with van der Waals surface area (Å²) in [7, 11) is 0. The van der Waals surface area contributed by atoms with Crippen molar-refractivity contribution in [3.05, 3.63) is 71.7 Å². The summed E-state index contributed by atoms with van der Waals surface area (Å²) in [5.74, 6) is -0.572. The Morgan fingerprint density at radius 2 is 1.97 bits per heavy atom. The van der Waals surface area contributed by atoms with Crippen LogP contribution in [0.3, 0.4) is 0 Å². The van der Waals surface area contributed by atoms with Crippen molar-refractivity contribution in [1.29, 1.82) is 0 Å². The highest BCUT2D eigenvalue weighted by atomic mass is 32.2. The van der Waals surface area contributed by atoms with Crippen molar-refractivity contribution in [3.8, 4) is 0 Å². The molecule has 2 aromatic carbocycles. The third-order valence-corrected chi connectivity index (χ3v) is 6.21. The number of ether oxygens (including phenoxy) is 1. The van der Waals surface area contributed by atoms with Crippen molar-refractivity contribution in [1.82, 2.24) is 4.90 Å². The average molecular weight is 454 g/mol. The molecule has 6 nitrogen and oxygen atoms in total. The lowest BCUT2D eigenvalue weighted by Crippen LogP contribution is -2.46. The number of amides is 2. The summed E-state index contributed by atoms with van der Waals surface area (Å²) in [6.45, 7) is 3.69. The lowest BCUT2D eigenvalue weighted by molar-refractivity contribution is -0.135. The minimum Gasteiger partial charge on any atom is -0.375 e. The van der Waals surface area contributed by atoms with Crippen LogP contribution in [0.5, 0.6) is 0 Å². The summed E-state index contributed by atoms with van der Waals surface area (Å²) in [5.41, 5.74) is 1.62.